The molecule has 0 aliphatic carbocycles. The van der Waals surface area contributed by atoms with Crippen molar-refractivity contribution in [2.45, 2.75) is 6.10 Å². The van der Waals surface area contributed by atoms with E-state index in [9.17, 15) is 4.79 Å². The van der Waals surface area contributed by atoms with Crippen molar-refractivity contribution in [2.75, 3.05) is 20.3 Å². The Kier molecular flexibility index (Phi) is 2.82. The fourth-order valence-electron chi connectivity index (χ4n) is 1.20. The molecule has 1 saturated heterocycles. The summed E-state index contributed by atoms with van der Waals surface area (Å²) in [6.45, 7) is 1.10. The highest BCUT2D eigenvalue weighted by Crippen LogP contribution is 2.19. The van der Waals surface area contributed by atoms with E-state index in [-0.39, 0.29) is 11.8 Å². The number of methoxy groups -OCH3 is 1. The third-order valence-corrected chi connectivity index (χ3v) is 2.05. The zero-order chi connectivity index (χ0) is 10.7. The van der Waals surface area contributed by atoms with Gasteiger partial charge in [0.05, 0.1) is 20.3 Å². The Bertz CT molecular complexity index is 362. The molecule has 1 aromatic heterocycles. The molecule has 1 aromatic rings. The minimum Gasteiger partial charge on any atom is -0.483 e. The number of aromatic nitrogens is 1. The molecule has 0 aromatic carbocycles. The summed E-state index contributed by atoms with van der Waals surface area (Å²) < 4.78 is 15.1. The highest BCUT2D eigenvalue weighted by Gasteiger charge is 2.23. The summed E-state index contributed by atoms with van der Waals surface area (Å²) in [6.07, 6.45) is 1.54. The summed E-state index contributed by atoms with van der Waals surface area (Å²) in [6, 6.07) is 3.40. The number of nitrogens with zero attached hydrogens (tertiary/aromatic N) is 1. The van der Waals surface area contributed by atoms with Crippen LogP contribution in [0.4, 0.5) is 0 Å². The van der Waals surface area contributed by atoms with Crippen LogP contribution < -0.4 is 4.74 Å². The first-order valence-corrected chi connectivity index (χ1v) is 4.59. The SMILES string of the molecule is COC(=O)c1ncccc1OC1COC1. The standard InChI is InChI=1S/C10H11NO4/c1-13-10(12)9-8(3-2-4-11-9)15-7-5-14-6-7/h2-4,7H,5-6H2,1H3. The molecule has 0 saturated carbocycles. The van der Waals surface area contributed by atoms with E-state index in [1.807, 2.05) is 0 Å². The van der Waals surface area contributed by atoms with Crippen molar-refractivity contribution < 1.29 is 19.0 Å². The van der Waals surface area contributed by atoms with Gasteiger partial charge in [0.15, 0.2) is 11.4 Å². The van der Waals surface area contributed by atoms with Crippen molar-refractivity contribution in [3.05, 3.63) is 24.0 Å². The molecule has 0 spiro atoms. The maximum absolute atomic E-state index is 11.3. The van der Waals surface area contributed by atoms with Crippen LogP contribution in [0, 0.1) is 0 Å². The third kappa shape index (κ3) is 2.07. The van der Waals surface area contributed by atoms with Crippen LogP contribution in [0.1, 0.15) is 10.5 Å². The topological polar surface area (TPSA) is 57.7 Å². The molecule has 80 valence electrons. The van der Waals surface area contributed by atoms with Crippen molar-refractivity contribution in [1.29, 1.82) is 0 Å². The molecule has 15 heavy (non-hydrogen) atoms. The van der Waals surface area contributed by atoms with E-state index in [2.05, 4.69) is 9.72 Å². The Balaban J connectivity index is 2.16. The van der Waals surface area contributed by atoms with Crippen molar-refractivity contribution >= 4 is 5.97 Å². The van der Waals surface area contributed by atoms with Crippen LogP contribution in [0.25, 0.3) is 0 Å². The summed E-state index contributed by atoms with van der Waals surface area (Å²) in [5.41, 5.74) is 0.201. The van der Waals surface area contributed by atoms with E-state index in [1.165, 1.54) is 13.3 Å². The molecule has 2 rings (SSSR count). The van der Waals surface area contributed by atoms with Gasteiger partial charge in [-0.2, -0.15) is 0 Å². The van der Waals surface area contributed by atoms with Gasteiger partial charge < -0.3 is 14.2 Å². The van der Waals surface area contributed by atoms with Crippen LogP contribution in [0.3, 0.4) is 0 Å². The van der Waals surface area contributed by atoms with Gasteiger partial charge in [0.1, 0.15) is 6.10 Å². The Hall–Kier alpha value is -1.62. The molecule has 1 fully saturated rings. The summed E-state index contributed by atoms with van der Waals surface area (Å²) >= 11 is 0. The monoisotopic (exact) mass is 209 g/mol. The number of hydrogen-bond acceptors (Lipinski definition) is 5. The summed E-state index contributed by atoms with van der Waals surface area (Å²) in [4.78, 5) is 15.2. The highest BCUT2D eigenvalue weighted by molar-refractivity contribution is 5.90. The van der Waals surface area contributed by atoms with Crippen LogP contribution >= 0.6 is 0 Å². The number of hydrogen-bond donors (Lipinski definition) is 0. The smallest absolute Gasteiger partial charge is 0.360 e. The second kappa shape index (κ2) is 4.27. The van der Waals surface area contributed by atoms with Gasteiger partial charge in [-0.3, -0.25) is 0 Å². The van der Waals surface area contributed by atoms with E-state index in [4.69, 9.17) is 9.47 Å². The lowest BCUT2D eigenvalue weighted by atomic mass is 10.3. The van der Waals surface area contributed by atoms with Gasteiger partial charge in [-0.25, -0.2) is 9.78 Å². The van der Waals surface area contributed by atoms with Gasteiger partial charge in [0.25, 0.3) is 0 Å². The van der Waals surface area contributed by atoms with Gasteiger partial charge in [-0.15, -0.1) is 0 Å². The number of esters is 1. The summed E-state index contributed by atoms with van der Waals surface area (Å²) in [5, 5.41) is 0. The van der Waals surface area contributed by atoms with E-state index < -0.39 is 5.97 Å². The molecule has 1 aliphatic rings. The van der Waals surface area contributed by atoms with Crippen molar-refractivity contribution in [3.8, 4) is 5.75 Å². The molecule has 0 radical (unpaired) electrons. The molecule has 0 amide bonds. The Labute approximate surface area is 87.0 Å². The number of carbonyl (C=O) groups is 1. The molecular weight excluding hydrogens is 198 g/mol. The minimum atomic E-state index is -0.495. The van der Waals surface area contributed by atoms with Gasteiger partial charge in [0, 0.05) is 6.20 Å². The second-order valence-electron chi connectivity index (χ2n) is 3.12. The van der Waals surface area contributed by atoms with Crippen LogP contribution in [-0.4, -0.2) is 37.4 Å². The zero-order valence-corrected chi connectivity index (χ0v) is 8.30. The van der Waals surface area contributed by atoms with Gasteiger partial charge >= 0.3 is 5.97 Å². The second-order valence-corrected chi connectivity index (χ2v) is 3.12. The van der Waals surface area contributed by atoms with Crippen LogP contribution in [0.5, 0.6) is 5.75 Å². The maximum Gasteiger partial charge on any atom is 0.360 e. The lowest BCUT2D eigenvalue weighted by Crippen LogP contribution is -2.39. The molecule has 5 nitrogen and oxygen atoms in total. The zero-order valence-electron chi connectivity index (χ0n) is 8.30. The maximum atomic E-state index is 11.3. The van der Waals surface area contributed by atoms with Crippen LogP contribution in [0.15, 0.2) is 18.3 Å². The van der Waals surface area contributed by atoms with Gasteiger partial charge in [-0.05, 0) is 12.1 Å². The quantitative estimate of drug-likeness (QED) is 0.684. The first-order chi connectivity index (χ1) is 7.31. The molecule has 1 aliphatic heterocycles. The fraction of sp³-hybridized carbons (Fsp3) is 0.400. The Morgan fingerprint density at radius 1 is 1.60 bits per heavy atom. The molecule has 5 heteroatoms. The van der Waals surface area contributed by atoms with Crippen LogP contribution in [0.2, 0.25) is 0 Å². The highest BCUT2D eigenvalue weighted by atomic mass is 16.6. The van der Waals surface area contributed by atoms with Crippen molar-refractivity contribution in [2.24, 2.45) is 0 Å². The van der Waals surface area contributed by atoms with Gasteiger partial charge in [0.2, 0.25) is 0 Å². The molecule has 0 N–H and O–H groups in total. The van der Waals surface area contributed by atoms with E-state index in [0.29, 0.717) is 19.0 Å². The predicted octanol–water partition coefficient (Wildman–Crippen LogP) is 0.646. The van der Waals surface area contributed by atoms with E-state index in [0.717, 1.165) is 0 Å². The predicted molar refractivity (Wildman–Crippen MR) is 50.8 cm³/mol. The normalized spacial score (nSPS) is 15.5. The number of ether oxygens (including phenoxy) is 3. The summed E-state index contributed by atoms with van der Waals surface area (Å²) in [7, 11) is 1.31. The molecule has 0 unspecified atom stereocenters. The lowest BCUT2D eigenvalue weighted by molar-refractivity contribution is -0.0801. The Morgan fingerprint density at radius 3 is 3.00 bits per heavy atom. The minimum absolute atomic E-state index is 0.0117. The first kappa shape index (κ1) is 9.92. The lowest BCUT2D eigenvalue weighted by Gasteiger charge is -2.27. The van der Waals surface area contributed by atoms with Crippen molar-refractivity contribution in [3.63, 3.8) is 0 Å². The summed E-state index contributed by atoms with van der Waals surface area (Å²) in [5.74, 6) is -0.0523. The number of pyridine rings is 1. The molecular formula is C10H11NO4. The fourth-order valence-corrected chi connectivity index (χ4v) is 1.20. The molecule has 0 atom stereocenters. The van der Waals surface area contributed by atoms with Gasteiger partial charge in [-0.1, -0.05) is 0 Å². The molecule has 2 heterocycles. The average molecular weight is 209 g/mol. The van der Waals surface area contributed by atoms with Crippen LogP contribution in [-0.2, 0) is 9.47 Å². The van der Waals surface area contributed by atoms with E-state index >= 15 is 0 Å². The average Bonchev–Trinajstić information content (AvgIpc) is 2.23. The third-order valence-electron chi connectivity index (χ3n) is 2.05. The number of carbonyl (C=O) groups excluding carboxylic acids is 1. The van der Waals surface area contributed by atoms with Crippen molar-refractivity contribution in [1.82, 2.24) is 4.98 Å². The Morgan fingerprint density at radius 2 is 2.40 bits per heavy atom. The first-order valence-electron chi connectivity index (χ1n) is 4.59. The van der Waals surface area contributed by atoms with E-state index in [1.54, 1.807) is 12.1 Å². The molecule has 0 bridgehead atoms. The largest absolute Gasteiger partial charge is 0.483 e. The number of rotatable bonds is 3.